The van der Waals surface area contributed by atoms with E-state index in [0.29, 0.717) is 0 Å². The maximum absolute atomic E-state index is 2.37. The third-order valence-electron chi connectivity index (χ3n) is 4.13. The van der Waals surface area contributed by atoms with E-state index < -0.39 is 0 Å². The Bertz CT molecular complexity index is 328. The maximum atomic E-state index is 2.37. The summed E-state index contributed by atoms with van der Waals surface area (Å²) in [6, 6.07) is 9.12. The maximum Gasteiger partial charge on any atom is -0.0131 e. The molecule has 1 aromatic rings. The fourth-order valence-electron chi connectivity index (χ4n) is 3.12. The molecule has 0 N–H and O–H groups in total. The highest BCUT2D eigenvalue weighted by molar-refractivity contribution is 5.85. The summed E-state index contributed by atoms with van der Waals surface area (Å²) in [4.78, 5) is 0. The fraction of sp³-hybridized carbons (Fsp3) is 0.571. The minimum atomic E-state index is 0. The average molecular weight is 223 g/mol. The molecule has 0 amide bonds. The molecule has 0 bridgehead atoms. The summed E-state index contributed by atoms with van der Waals surface area (Å²) >= 11 is 0. The Morgan fingerprint density at radius 1 is 0.933 bits per heavy atom. The van der Waals surface area contributed by atoms with Crippen molar-refractivity contribution < 1.29 is 0 Å². The second kappa shape index (κ2) is 4.57. The highest BCUT2D eigenvalue weighted by Gasteiger charge is 2.31. The largest absolute Gasteiger partial charge is 0.147 e. The van der Waals surface area contributed by atoms with Crippen LogP contribution in [0.5, 0.6) is 0 Å². The van der Waals surface area contributed by atoms with Crippen LogP contribution in [0.15, 0.2) is 24.3 Å². The topological polar surface area (TPSA) is 0 Å². The molecule has 0 nitrogen and oxygen atoms in total. The van der Waals surface area contributed by atoms with Gasteiger partial charge in [-0.3, -0.25) is 0 Å². The van der Waals surface area contributed by atoms with Crippen molar-refractivity contribution in [2.24, 2.45) is 5.92 Å². The molecule has 2 aliphatic rings. The molecular weight excluding hydrogens is 204 g/mol. The zero-order valence-corrected chi connectivity index (χ0v) is 9.93. The monoisotopic (exact) mass is 222 g/mol. The summed E-state index contributed by atoms with van der Waals surface area (Å²) in [5, 5.41) is 0. The predicted octanol–water partition coefficient (Wildman–Crippen LogP) is 4.33. The molecular formula is C14H19Cl. The van der Waals surface area contributed by atoms with Gasteiger partial charge < -0.3 is 0 Å². The Hall–Kier alpha value is -0.490. The minimum Gasteiger partial charge on any atom is -0.147 e. The van der Waals surface area contributed by atoms with Crippen LogP contribution in [-0.4, -0.2) is 0 Å². The zero-order chi connectivity index (χ0) is 9.38. The van der Waals surface area contributed by atoms with Crippen molar-refractivity contribution in [3.63, 3.8) is 0 Å². The van der Waals surface area contributed by atoms with Crippen molar-refractivity contribution in [2.75, 3.05) is 0 Å². The van der Waals surface area contributed by atoms with E-state index in [-0.39, 0.29) is 12.4 Å². The van der Waals surface area contributed by atoms with Gasteiger partial charge in [-0.05, 0) is 55.1 Å². The number of hydrogen-bond acceptors (Lipinski definition) is 0. The highest BCUT2D eigenvalue weighted by atomic mass is 35.5. The van der Waals surface area contributed by atoms with Crippen molar-refractivity contribution in [2.45, 2.75) is 44.4 Å². The van der Waals surface area contributed by atoms with E-state index in [2.05, 4.69) is 24.3 Å². The van der Waals surface area contributed by atoms with Crippen LogP contribution in [0.2, 0.25) is 0 Å². The van der Waals surface area contributed by atoms with Crippen LogP contribution in [0.4, 0.5) is 0 Å². The third kappa shape index (κ3) is 1.92. The smallest absolute Gasteiger partial charge is 0.0131 e. The summed E-state index contributed by atoms with van der Waals surface area (Å²) in [5.74, 6) is 1.94. The van der Waals surface area contributed by atoms with Gasteiger partial charge in [0.15, 0.2) is 0 Å². The Labute approximate surface area is 98.5 Å². The van der Waals surface area contributed by atoms with Gasteiger partial charge in [-0.15, -0.1) is 12.4 Å². The number of rotatable bonds is 1. The minimum absolute atomic E-state index is 0. The average Bonchev–Trinajstić information content (AvgIpc) is 2.16. The van der Waals surface area contributed by atoms with Gasteiger partial charge in [0, 0.05) is 0 Å². The van der Waals surface area contributed by atoms with Crippen LogP contribution >= 0.6 is 12.4 Å². The lowest BCUT2D eigenvalue weighted by molar-refractivity contribution is 0.242. The molecule has 15 heavy (non-hydrogen) atoms. The Morgan fingerprint density at radius 2 is 1.73 bits per heavy atom. The van der Waals surface area contributed by atoms with Crippen LogP contribution in [0.3, 0.4) is 0 Å². The first-order valence-electron chi connectivity index (χ1n) is 6.03. The van der Waals surface area contributed by atoms with E-state index >= 15 is 0 Å². The number of hydrogen-bond donors (Lipinski definition) is 0. The summed E-state index contributed by atoms with van der Waals surface area (Å²) in [6.07, 6.45) is 8.63. The van der Waals surface area contributed by atoms with Crippen LogP contribution < -0.4 is 0 Å². The molecule has 0 saturated heterocycles. The molecule has 0 spiro atoms. The van der Waals surface area contributed by atoms with Crippen LogP contribution in [0.1, 0.15) is 49.1 Å². The SMILES string of the molecule is Cl.c1ccc2c(c1)CCCC2C1CCC1. The van der Waals surface area contributed by atoms with Crippen molar-refractivity contribution in [3.8, 4) is 0 Å². The van der Waals surface area contributed by atoms with Gasteiger partial charge in [-0.2, -0.15) is 0 Å². The van der Waals surface area contributed by atoms with Crippen molar-refractivity contribution in [1.82, 2.24) is 0 Å². The summed E-state index contributed by atoms with van der Waals surface area (Å²) in [6.45, 7) is 0. The second-order valence-corrected chi connectivity index (χ2v) is 4.89. The Kier molecular flexibility index (Phi) is 3.35. The van der Waals surface area contributed by atoms with Gasteiger partial charge in [0.05, 0.1) is 0 Å². The molecule has 1 heteroatoms. The number of benzene rings is 1. The first-order valence-corrected chi connectivity index (χ1v) is 6.03. The van der Waals surface area contributed by atoms with Crippen LogP contribution in [0.25, 0.3) is 0 Å². The fourth-order valence-corrected chi connectivity index (χ4v) is 3.12. The van der Waals surface area contributed by atoms with Crippen LogP contribution in [-0.2, 0) is 6.42 Å². The molecule has 0 aromatic heterocycles. The molecule has 2 aliphatic carbocycles. The zero-order valence-electron chi connectivity index (χ0n) is 9.11. The van der Waals surface area contributed by atoms with E-state index in [4.69, 9.17) is 0 Å². The van der Waals surface area contributed by atoms with Gasteiger partial charge in [0.1, 0.15) is 0 Å². The molecule has 1 aromatic carbocycles. The van der Waals surface area contributed by atoms with Crippen molar-refractivity contribution >= 4 is 12.4 Å². The van der Waals surface area contributed by atoms with Crippen molar-refractivity contribution in [1.29, 1.82) is 0 Å². The molecule has 1 atom stereocenters. The summed E-state index contributed by atoms with van der Waals surface area (Å²) < 4.78 is 0. The number of halogens is 1. The summed E-state index contributed by atoms with van der Waals surface area (Å²) in [7, 11) is 0. The summed E-state index contributed by atoms with van der Waals surface area (Å²) in [5.41, 5.74) is 3.32. The van der Waals surface area contributed by atoms with E-state index in [9.17, 15) is 0 Å². The van der Waals surface area contributed by atoms with Gasteiger partial charge in [0.2, 0.25) is 0 Å². The van der Waals surface area contributed by atoms with Gasteiger partial charge in [-0.1, -0.05) is 30.7 Å². The molecule has 1 fully saturated rings. The second-order valence-electron chi connectivity index (χ2n) is 4.89. The first kappa shape index (κ1) is 11.0. The van der Waals surface area contributed by atoms with Crippen LogP contribution in [0, 0.1) is 5.92 Å². The lowest BCUT2D eigenvalue weighted by Crippen LogP contribution is -2.23. The normalized spacial score (nSPS) is 24.9. The predicted molar refractivity (Wildman–Crippen MR) is 66.7 cm³/mol. The molecule has 3 rings (SSSR count). The lowest BCUT2D eigenvalue weighted by Gasteiger charge is -2.37. The quantitative estimate of drug-likeness (QED) is 0.664. The molecule has 82 valence electrons. The van der Waals surface area contributed by atoms with E-state index in [0.717, 1.165) is 11.8 Å². The molecule has 0 heterocycles. The first-order chi connectivity index (χ1) is 6.95. The molecule has 0 aliphatic heterocycles. The molecule has 1 unspecified atom stereocenters. The van der Waals surface area contributed by atoms with Gasteiger partial charge >= 0.3 is 0 Å². The number of aryl methyl sites for hydroxylation is 1. The van der Waals surface area contributed by atoms with E-state index in [1.165, 1.54) is 38.5 Å². The number of fused-ring (bicyclic) bond motifs is 1. The van der Waals surface area contributed by atoms with E-state index in [1.54, 1.807) is 11.1 Å². The third-order valence-corrected chi connectivity index (χ3v) is 4.13. The molecule has 1 saturated carbocycles. The van der Waals surface area contributed by atoms with Gasteiger partial charge in [0.25, 0.3) is 0 Å². The van der Waals surface area contributed by atoms with E-state index in [1.807, 2.05) is 0 Å². The van der Waals surface area contributed by atoms with Crippen molar-refractivity contribution in [3.05, 3.63) is 35.4 Å². The lowest BCUT2D eigenvalue weighted by atomic mass is 9.68. The highest BCUT2D eigenvalue weighted by Crippen LogP contribution is 2.45. The standard InChI is InChI=1S/C14H18.ClH/c1-2-9-13-11(5-1)8-4-10-14(13)12-6-3-7-12;/h1-2,5,9,12,14H,3-4,6-8,10H2;1H. The molecule has 0 radical (unpaired) electrons. The Morgan fingerprint density at radius 3 is 2.47 bits per heavy atom. The van der Waals surface area contributed by atoms with Gasteiger partial charge in [-0.25, -0.2) is 0 Å². The Balaban J connectivity index is 0.000000853.